The van der Waals surface area contributed by atoms with Gasteiger partial charge in [-0.2, -0.15) is 0 Å². The van der Waals surface area contributed by atoms with Crippen molar-refractivity contribution in [3.8, 4) is 15.5 Å². The summed E-state index contributed by atoms with van der Waals surface area (Å²) in [4.78, 5) is 3.86. The van der Waals surface area contributed by atoms with E-state index < -0.39 is 0 Å². The SMILES string of the molecule is Cc1cc2c(C3CC=CS3)c3sc(C)cc3c(-c3ccc(O)s3)c2s1. The van der Waals surface area contributed by atoms with Crippen LogP contribution >= 0.6 is 45.8 Å². The van der Waals surface area contributed by atoms with Crippen molar-refractivity contribution < 1.29 is 5.11 Å². The van der Waals surface area contributed by atoms with Crippen molar-refractivity contribution in [3.63, 3.8) is 0 Å². The molecule has 0 aliphatic carbocycles. The van der Waals surface area contributed by atoms with Gasteiger partial charge in [-0.3, -0.25) is 0 Å². The number of rotatable bonds is 2. The van der Waals surface area contributed by atoms with Gasteiger partial charge in [-0.15, -0.1) is 34.4 Å². The van der Waals surface area contributed by atoms with Crippen LogP contribution in [0.15, 0.2) is 35.7 Å². The van der Waals surface area contributed by atoms with Crippen LogP contribution < -0.4 is 0 Å². The van der Waals surface area contributed by atoms with E-state index >= 15 is 0 Å². The zero-order valence-corrected chi connectivity index (χ0v) is 17.1. The second kappa shape index (κ2) is 5.88. The molecule has 0 bridgehead atoms. The molecule has 3 aromatic heterocycles. The van der Waals surface area contributed by atoms with E-state index in [4.69, 9.17) is 0 Å². The molecule has 1 aliphatic heterocycles. The Labute approximate surface area is 162 Å². The van der Waals surface area contributed by atoms with Gasteiger partial charge in [-0.25, -0.2) is 0 Å². The molecule has 1 aromatic carbocycles. The summed E-state index contributed by atoms with van der Waals surface area (Å²) in [6.45, 7) is 4.40. The molecule has 4 heterocycles. The van der Waals surface area contributed by atoms with Gasteiger partial charge in [0.1, 0.15) is 0 Å². The van der Waals surface area contributed by atoms with Crippen LogP contribution in [0.1, 0.15) is 27.0 Å². The summed E-state index contributed by atoms with van der Waals surface area (Å²) in [5.74, 6) is 0. The minimum atomic E-state index is 0.385. The number of hydrogen-bond acceptors (Lipinski definition) is 5. The van der Waals surface area contributed by atoms with Gasteiger partial charge in [0.15, 0.2) is 5.06 Å². The Morgan fingerprint density at radius 3 is 2.40 bits per heavy atom. The van der Waals surface area contributed by atoms with Crippen molar-refractivity contribution in [3.05, 3.63) is 51.1 Å². The fourth-order valence-electron chi connectivity index (χ4n) is 3.64. The second-order valence-electron chi connectivity index (χ2n) is 6.36. The standard InChI is InChI=1S/C20H16OS4/c1-10-8-12-17(14-4-3-7-22-14)19-13(9-11(2)23-19)18(20(12)24-10)15-5-6-16(21)25-15/h3,5-9,14,21H,4H2,1-2H3. The first-order valence-corrected chi connectivity index (χ1v) is 11.6. The third-order valence-electron chi connectivity index (χ3n) is 4.59. The predicted molar refractivity (Wildman–Crippen MR) is 116 cm³/mol. The van der Waals surface area contributed by atoms with Gasteiger partial charge in [0.2, 0.25) is 0 Å². The van der Waals surface area contributed by atoms with Crippen molar-refractivity contribution in [2.24, 2.45) is 0 Å². The molecule has 1 atom stereocenters. The summed E-state index contributed by atoms with van der Waals surface area (Å²) in [6, 6.07) is 8.56. The van der Waals surface area contributed by atoms with Crippen molar-refractivity contribution >= 4 is 65.9 Å². The van der Waals surface area contributed by atoms with Crippen LogP contribution in [0.2, 0.25) is 0 Å². The molecule has 0 spiro atoms. The van der Waals surface area contributed by atoms with Crippen LogP contribution in [0.25, 0.3) is 30.6 Å². The van der Waals surface area contributed by atoms with Crippen LogP contribution in [0.3, 0.4) is 0 Å². The molecule has 5 heteroatoms. The molecule has 0 amide bonds. The molecule has 0 fully saturated rings. The average Bonchev–Trinajstić information content (AvgIpc) is 3.31. The Bertz CT molecular complexity index is 1080. The third kappa shape index (κ3) is 2.48. The molecule has 1 unspecified atom stereocenters. The maximum atomic E-state index is 9.91. The molecule has 25 heavy (non-hydrogen) atoms. The van der Waals surface area contributed by atoms with Gasteiger partial charge < -0.3 is 5.11 Å². The van der Waals surface area contributed by atoms with Crippen molar-refractivity contribution in [1.82, 2.24) is 0 Å². The topological polar surface area (TPSA) is 20.2 Å². The highest BCUT2D eigenvalue weighted by molar-refractivity contribution is 8.02. The number of thioether (sulfide) groups is 1. The molecular formula is C20H16OS4. The maximum Gasteiger partial charge on any atom is 0.171 e. The summed E-state index contributed by atoms with van der Waals surface area (Å²) in [7, 11) is 0. The van der Waals surface area contributed by atoms with Crippen LogP contribution in [-0.4, -0.2) is 5.11 Å². The minimum absolute atomic E-state index is 0.385. The number of thiophene rings is 3. The molecule has 4 aromatic rings. The van der Waals surface area contributed by atoms with Crippen molar-refractivity contribution in [2.45, 2.75) is 25.5 Å². The largest absolute Gasteiger partial charge is 0.499 e. The van der Waals surface area contributed by atoms with Gasteiger partial charge in [-0.05, 0) is 60.9 Å². The van der Waals surface area contributed by atoms with Gasteiger partial charge in [0.05, 0.1) is 0 Å². The lowest BCUT2D eigenvalue weighted by atomic mass is 9.97. The smallest absolute Gasteiger partial charge is 0.171 e. The predicted octanol–water partition coefficient (Wildman–Crippen LogP) is 7.86. The Hall–Kier alpha value is -1.27. The fraction of sp³-hybridized carbons (Fsp3) is 0.200. The zero-order chi connectivity index (χ0) is 17.1. The molecule has 126 valence electrons. The van der Waals surface area contributed by atoms with E-state index in [1.807, 2.05) is 40.5 Å². The first-order valence-electron chi connectivity index (χ1n) is 8.17. The fourth-order valence-corrected chi connectivity index (χ4v) is 7.84. The lowest BCUT2D eigenvalue weighted by molar-refractivity contribution is 0.491. The van der Waals surface area contributed by atoms with E-state index in [1.54, 1.807) is 0 Å². The monoisotopic (exact) mass is 400 g/mol. The summed E-state index contributed by atoms with van der Waals surface area (Å²) < 4.78 is 2.79. The highest BCUT2D eigenvalue weighted by atomic mass is 32.2. The van der Waals surface area contributed by atoms with Crippen molar-refractivity contribution in [1.29, 1.82) is 0 Å². The number of fused-ring (bicyclic) bond motifs is 2. The van der Waals surface area contributed by atoms with E-state index in [0.717, 1.165) is 11.3 Å². The first kappa shape index (κ1) is 15.9. The number of allylic oxidation sites excluding steroid dienone is 1. The van der Waals surface area contributed by atoms with E-state index in [0.29, 0.717) is 10.3 Å². The van der Waals surface area contributed by atoms with E-state index in [-0.39, 0.29) is 0 Å². The van der Waals surface area contributed by atoms with Crippen LogP contribution in [0.4, 0.5) is 0 Å². The van der Waals surface area contributed by atoms with E-state index in [1.165, 1.54) is 52.4 Å². The summed E-state index contributed by atoms with van der Waals surface area (Å²) in [5, 5.41) is 15.8. The van der Waals surface area contributed by atoms with Gasteiger partial charge in [0.25, 0.3) is 0 Å². The number of aromatic hydroxyl groups is 1. The van der Waals surface area contributed by atoms with E-state index in [9.17, 15) is 5.11 Å². The number of benzene rings is 1. The van der Waals surface area contributed by atoms with Crippen LogP contribution in [0, 0.1) is 13.8 Å². The normalized spacial score (nSPS) is 17.3. The van der Waals surface area contributed by atoms with E-state index in [2.05, 4.69) is 43.5 Å². The average molecular weight is 401 g/mol. The first-order chi connectivity index (χ1) is 12.1. The molecular weight excluding hydrogens is 384 g/mol. The molecule has 0 saturated carbocycles. The molecule has 0 saturated heterocycles. The quantitative estimate of drug-likeness (QED) is 0.369. The van der Waals surface area contributed by atoms with Crippen molar-refractivity contribution in [2.75, 3.05) is 0 Å². The summed E-state index contributed by atoms with van der Waals surface area (Å²) >= 11 is 7.21. The summed E-state index contributed by atoms with van der Waals surface area (Å²) in [6.07, 6.45) is 3.40. The van der Waals surface area contributed by atoms with Gasteiger partial charge in [0, 0.05) is 40.2 Å². The molecule has 5 rings (SSSR count). The highest BCUT2D eigenvalue weighted by Crippen LogP contribution is 2.53. The molecule has 1 nitrogen and oxygen atoms in total. The Balaban J connectivity index is 1.94. The Morgan fingerprint density at radius 2 is 1.72 bits per heavy atom. The zero-order valence-electron chi connectivity index (χ0n) is 13.8. The lowest BCUT2D eigenvalue weighted by Gasteiger charge is -2.15. The number of aryl methyl sites for hydroxylation is 2. The molecule has 1 N–H and O–H groups in total. The molecule has 0 radical (unpaired) electrons. The lowest BCUT2D eigenvalue weighted by Crippen LogP contribution is -1.92. The minimum Gasteiger partial charge on any atom is -0.499 e. The maximum absolute atomic E-state index is 9.91. The number of hydrogen-bond donors (Lipinski definition) is 1. The van der Waals surface area contributed by atoms with Gasteiger partial charge >= 0.3 is 0 Å². The summed E-state index contributed by atoms with van der Waals surface area (Å²) in [5.41, 5.74) is 2.81. The van der Waals surface area contributed by atoms with Crippen LogP contribution in [0.5, 0.6) is 5.06 Å². The Morgan fingerprint density at radius 1 is 0.960 bits per heavy atom. The van der Waals surface area contributed by atoms with Crippen LogP contribution in [-0.2, 0) is 0 Å². The highest BCUT2D eigenvalue weighted by Gasteiger charge is 2.25. The van der Waals surface area contributed by atoms with Gasteiger partial charge in [-0.1, -0.05) is 17.4 Å². The molecule has 1 aliphatic rings. The second-order valence-corrected chi connectivity index (χ2v) is 11.0. The Kier molecular flexibility index (Phi) is 3.75. The third-order valence-corrected chi connectivity index (χ3v) is 8.75.